The Balaban J connectivity index is 3.22. The maximum absolute atomic E-state index is 11.6. The van der Waals surface area contributed by atoms with E-state index in [2.05, 4.69) is 15.9 Å². The average Bonchev–Trinajstić information content (AvgIpc) is 2.28. The van der Waals surface area contributed by atoms with E-state index >= 15 is 0 Å². The van der Waals surface area contributed by atoms with Gasteiger partial charge in [-0.2, -0.15) is 0 Å². The van der Waals surface area contributed by atoms with Gasteiger partial charge in [-0.05, 0) is 24.6 Å². The molecule has 0 aliphatic heterocycles. The molecule has 2 unspecified atom stereocenters. The lowest BCUT2D eigenvalue weighted by Crippen LogP contribution is -2.43. The molecule has 1 aromatic rings. The van der Waals surface area contributed by atoms with Crippen LogP contribution in [0.25, 0.3) is 0 Å². The van der Waals surface area contributed by atoms with Crippen LogP contribution in [-0.2, 0) is 14.9 Å². The van der Waals surface area contributed by atoms with E-state index in [4.69, 9.17) is 22.1 Å². The SMILES string of the molecule is COC(=O)CC(C)(c1ccc(Br)cc1Cl)C(C)N. The molecule has 18 heavy (non-hydrogen) atoms. The van der Waals surface area contributed by atoms with E-state index in [9.17, 15) is 4.79 Å². The van der Waals surface area contributed by atoms with Gasteiger partial charge in [0.05, 0.1) is 13.5 Å². The molecule has 3 nitrogen and oxygen atoms in total. The van der Waals surface area contributed by atoms with E-state index in [1.54, 1.807) is 6.07 Å². The van der Waals surface area contributed by atoms with E-state index in [0.29, 0.717) is 5.02 Å². The number of esters is 1. The monoisotopic (exact) mass is 333 g/mol. The quantitative estimate of drug-likeness (QED) is 0.860. The fraction of sp³-hybridized carbons (Fsp3) is 0.462. The molecule has 0 heterocycles. The zero-order chi connectivity index (χ0) is 13.9. The summed E-state index contributed by atoms with van der Waals surface area (Å²) in [4.78, 5) is 11.6. The van der Waals surface area contributed by atoms with Crippen LogP contribution in [0.15, 0.2) is 22.7 Å². The van der Waals surface area contributed by atoms with Gasteiger partial charge in [0.2, 0.25) is 0 Å². The van der Waals surface area contributed by atoms with Crippen molar-refractivity contribution in [2.45, 2.75) is 31.7 Å². The number of benzene rings is 1. The van der Waals surface area contributed by atoms with Crippen LogP contribution in [0, 0.1) is 0 Å². The maximum Gasteiger partial charge on any atom is 0.306 e. The summed E-state index contributed by atoms with van der Waals surface area (Å²) >= 11 is 9.60. The summed E-state index contributed by atoms with van der Waals surface area (Å²) in [6.07, 6.45) is 0.197. The molecule has 0 amide bonds. The highest BCUT2D eigenvalue weighted by atomic mass is 79.9. The van der Waals surface area contributed by atoms with Gasteiger partial charge in [0.15, 0.2) is 0 Å². The molecular formula is C13H17BrClNO2. The Morgan fingerprint density at radius 2 is 2.22 bits per heavy atom. The second kappa shape index (κ2) is 6.04. The predicted molar refractivity (Wildman–Crippen MR) is 76.8 cm³/mol. The van der Waals surface area contributed by atoms with E-state index < -0.39 is 5.41 Å². The van der Waals surface area contributed by atoms with Crippen molar-refractivity contribution >= 4 is 33.5 Å². The van der Waals surface area contributed by atoms with Gasteiger partial charge in [-0.15, -0.1) is 0 Å². The molecule has 100 valence electrons. The molecule has 1 rings (SSSR count). The van der Waals surface area contributed by atoms with Crippen LogP contribution in [0.5, 0.6) is 0 Å². The van der Waals surface area contributed by atoms with Crippen molar-refractivity contribution in [2.24, 2.45) is 5.73 Å². The molecule has 0 saturated carbocycles. The summed E-state index contributed by atoms with van der Waals surface area (Å²) in [5.74, 6) is -0.297. The van der Waals surface area contributed by atoms with Crippen LogP contribution in [0.1, 0.15) is 25.8 Å². The largest absolute Gasteiger partial charge is 0.469 e. The minimum Gasteiger partial charge on any atom is -0.469 e. The summed E-state index contributed by atoms with van der Waals surface area (Å²) in [7, 11) is 1.37. The summed E-state index contributed by atoms with van der Waals surface area (Å²) in [6, 6.07) is 5.35. The molecule has 2 N–H and O–H groups in total. The first-order chi connectivity index (χ1) is 8.31. The summed E-state index contributed by atoms with van der Waals surface area (Å²) in [5.41, 5.74) is 6.34. The number of nitrogens with two attached hydrogens (primary N) is 1. The number of halogens is 2. The Morgan fingerprint density at radius 1 is 1.61 bits per heavy atom. The van der Waals surface area contributed by atoms with Crippen LogP contribution >= 0.6 is 27.5 Å². The number of rotatable bonds is 4. The Kier molecular flexibility index (Phi) is 5.20. The number of carbonyl (C=O) groups excluding carboxylic acids is 1. The van der Waals surface area contributed by atoms with Crippen LogP contribution in [0.4, 0.5) is 0 Å². The lowest BCUT2D eigenvalue weighted by Gasteiger charge is -2.34. The first-order valence-corrected chi connectivity index (χ1v) is 6.76. The third kappa shape index (κ3) is 3.25. The minimum absolute atomic E-state index is 0.197. The van der Waals surface area contributed by atoms with Crippen molar-refractivity contribution in [2.75, 3.05) is 7.11 Å². The maximum atomic E-state index is 11.6. The Labute approximate surface area is 121 Å². The van der Waals surface area contributed by atoms with Crippen molar-refractivity contribution in [3.05, 3.63) is 33.3 Å². The zero-order valence-corrected chi connectivity index (χ0v) is 13.0. The lowest BCUT2D eigenvalue weighted by molar-refractivity contribution is -0.142. The fourth-order valence-electron chi connectivity index (χ4n) is 1.83. The number of hydrogen-bond acceptors (Lipinski definition) is 3. The number of hydrogen-bond donors (Lipinski definition) is 1. The molecule has 0 bridgehead atoms. The van der Waals surface area contributed by atoms with Gasteiger partial charge in [0.25, 0.3) is 0 Å². The van der Waals surface area contributed by atoms with Gasteiger partial charge in [-0.25, -0.2) is 0 Å². The van der Waals surface area contributed by atoms with Gasteiger partial charge < -0.3 is 10.5 Å². The van der Waals surface area contributed by atoms with E-state index in [1.807, 2.05) is 26.0 Å². The first kappa shape index (κ1) is 15.5. The van der Waals surface area contributed by atoms with Gasteiger partial charge in [0.1, 0.15) is 0 Å². The van der Waals surface area contributed by atoms with E-state index in [0.717, 1.165) is 10.0 Å². The summed E-state index contributed by atoms with van der Waals surface area (Å²) in [5, 5.41) is 0.591. The van der Waals surface area contributed by atoms with Crippen LogP contribution in [0.3, 0.4) is 0 Å². The Hall–Kier alpha value is -0.580. The molecule has 1 aromatic carbocycles. The molecule has 0 saturated heterocycles. The summed E-state index contributed by atoms with van der Waals surface area (Å²) in [6.45, 7) is 3.78. The van der Waals surface area contributed by atoms with Gasteiger partial charge in [0, 0.05) is 21.0 Å². The van der Waals surface area contributed by atoms with Gasteiger partial charge in [-0.1, -0.05) is 40.5 Å². The highest BCUT2D eigenvalue weighted by molar-refractivity contribution is 9.10. The first-order valence-electron chi connectivity index (χ1n) is 5.59. The molecule has 5 heteroatoms. The molecule has 2 atom stereocenters. The lowest BCUT2D eigenvalue weighted by atomic mass is 9.74. The van der Waals surface area contributed by atoms with Crippen molar-refractivity contribution in [3.8, 4) is 0 Å². The normalized spacial score (nSPS) is 15.9. The third-order valence-electron chi connectivity index (χ3n) is 3.29. The minimum atomic E-state index is -0.551. The standard InChI is InChI=1S/C13H17BrClNO2/c1-8(16)13(2,7-12(17)18-3)10-5-4-9(14)6-11(10)15/h4-6,8H,7,16H2,1-3H3. The molecule has 0 aliphatic rings. The molecule has 0 aromatic heterocycles. The topological polar surface area (TPSA) is 52.3 Å². The highest BCUT2D eigenvalue weighted by Gasteiger charge is 2.35. The molecule has 0 spiro atoms. The van der Waals surface area contributed by atoms with Gasteiger partial charge in [-0.3, -0.25) is 4.79 Å². The van der Waals surface area contributed by atoms with E-state index in [-0.39, 0.29) is 18.4 Å². The number of methoxy groups -OCH3 is 1. The second-order valence-corrected chi connectivity index (χ2v) is 5.91. The zero-order valence-electron chi connectivity index (χ0n) is 10.7. The van der Waals surface area contributed by atoms with Gasteiger partial charge >= 0.3 is 5.97 Å². The number of ether oxygens (including phenoxy) is 1. The van der Waals surface area contributed by atoms with E-state index in [1.165, 1.54) is 7.11 Å². The van der Waals surface area contributed by atoms with Crippen molar-refractivity contribution in [1.29, 1.82) is 0 Å². The van der Waals surface area contributed by atoms with Crippen LogP contribution in [-0.4, -0.2) is 19.1 Å². The predicted octanol–water partition coefficient (Wildman–Crippen LogP) is 3.27. The average molecular weight is 335 g/mol. The fourth-order valence-corrected chi connectivity index (χ4v) is 2.72. The Bertz CT molecular complexity index is 451. The van der Waals surface area contributed by atoms with Crippen molar-refractivity contribution in [3.63, 3.8) is 0 Å². The molecule has 0 fully saturated rings. The number of carbonyl (C=O) groups is 1. The third-order valence-corrected chi connectivity index (χ3v) is 4.10. The summed E-state index contributed by atoms with van der Waals surface area (Å²) < 4.78 is 5.62. The van der Waals surface area contributed by atoms with Crippen molar-refractivity contribution < 1.29 is 9.53 Å². The highest BCUT2D eigenvalue weighted by Crippen LogP contribution is 2.36. The van der Waals surface area contributed by atoms with Crippen LogP contribution in [0.2, 0.25) is 5.02 Å². The second-order valence-electron chi connectivity index (χ2n) is 4.58. The molecular weight excluding hydrogens is 318 g/mol. The molecule has 0 aliphatic carbocycles. The smallest absolute Gasteiger partial charge is 0.306 e. The van der Waals surface area contributed by atoms with Crippen molar-refractivity contribution in [1.82, 2.24) is 0 Å². The van der Waals surface area contributed by atoms with Crippen LogP contribution < -0.4 is 5.73 Å². The Morgan fingerprint density at radius 3 is 2.67 bits per heavy atom. The molecule has 0 radical (unpaired) electrons.